The summed E-state index contributed by atoms with van der Waals surface area (Å²) in [7, 11) is 1.61. The second kappa shape index (κ2) is 6.02. The summed E-state index contributed by atoms with van der Waals surface area (Å²) in [6.07, 6.45) is 0. The Morgan fingerprint density at radius 1 is 1.05 bits per heavy atom. The molecule has 0 fully saturated rings. The van der Waals surface area contributed by atoms with E-state index in [0.29, 0.717) is 0 Å². The standard InChI is InChI=1S/C17H12N2O3/c1-21-15-10-7-13(8-11-15)9-12-16-17(20)22-18-19(16)14-5-3-2-4-6-14/h2-8,10-11H,1H3/p+1. The molecule has 1 heterocycles. The molecule has 0 atom stereocenters. The maximum absolute atomic E-state index is 11.8. The van der Waals surface area contributed by atoms with Gasteiger partial charge in [0.25, 0.3) is 0 Å². The highest BCUT2D eigenvalue weighted by Gasteiger charge is 2.20. The van der Waals surface area contributed by atoms with Gasteiger partial charge in [0.1, 0.15) is 5.75 Å². The number of hydrogen-bond donors (Lipinski definition) is 1. The number of ether oxygens (including phenoxy) is 1. The average molecular weight is 293 g/mol. The molecule has 0 aliphatic heterocycles. The van der Waals surface area contributed by atoms with Crippen LogP contribution in [0.15, 0.2) is 63.9 Å². The van der Waals surface area contributed by atoms with Gasteiger partial charge in [-0.15, -0.1) is 0 Å². The van der Waals surface area contributed by atoms with Crippen LogP contribution in [-0.4, -0.2) is 12.4 Å². The number of hydrogen-bond acceptors (Lipinski definition) is 3. The van der Waals surface area contributed by atoms with Crippen molar-refractivity contribution in [3.8, 4) is 23.3 Å². The summed E-state index contributed by atoms with van der Waals surface area (Å²) in [5.74, 6) is 6.55. The Bertz CT molecular complexity index is 881. The van der Waals surface area contributed by atoms with Crippen molar-refractivity contribution in [2.24, 2.45) is 0 Å². The lowest BCUT2D eigenvalue weighted by Gasteiger charge is -1.97. The third kappa shape index (κ3) is 2.76. The SMILES string of the molecule is COc1ccc(C#Cc2c(=O)o[nH][n+]2-c2ccccc2)cc1. The first-order valence-corrected chi connectivity index (χ1v) is 6.63. The molecule has 22 heavy (non-hydrogen) atoms. The van der Waals surface area contributed by atoms with E-state index in [0.717, 1.165) is 17.0 Å². The lowest BCUT2D eigenvalue weighted by atomic mass is 10.2. The minimum atomic E-state index is -0.509. The lowest BCUT2D eigenvalue weighted by Crippen LogP contribution is -2.37. The summed E-state index contributed by atoms with van der Waals surface area (Å²) in [6.45, 7) is 0. The van der Waals surface area contributed by atoms with Crippen LogP contribution in [0.25, 0.3) is 5.69 Å². The van der Waals surface area contributed by atoms with Gasteiger partial charge in [0.05, 0.1) is 7.11 Å². The van der Waals surface area contributed by atoms with Crippen molar-refractivity contribution in [2.75, 3.05) is 7.11 Å². The largest absolute Gasteiger partial charge is 0.497 e. The van der Waals surface area contributed by atoms with E-state index in [-0.39, 0.29) is 5.69 Å². The van der Waals surface area contributed by atoms with Crippen LogP contribution in [0.1, 0.15) is 11.3 Å². The van der Waals surface area contributed by atoms with E-state index in [1.165, 1.54) is 4.68 Å². The van der Waals surface area contributed by atoms with E-state index in [9.17, 15) is 4.79 Å². The number of nitrogens with one attached hydrogen (secondary N) is 1. The number of aromatic nitrogens is 2. The Morgan fingerprint density at radius 2 is 1.77 bits per heavy atom. The van der Waals surface area contributed by atoms with E-state index in [1.807, 2.05) is 54.6 Å². The van der Waals surface area contributed by atoms with Gasteiger partial charge < -0.3 is 4.74 Å². The molecule has 0 spiro atoms. The summed E-state index contributed by atoms with van der Waals surface area (Å²) in [4.78, 5) is 11.8. The first-order chi connectivity index (χ1) is 10.8. The molecule has 0 radical (unpaired) electrons. The molecule has 0 saturated carbocycles. The Balaban J connectivity index is 1.98. The Kier molecular flexibility index (Phi) is 3.75. The molecule has 0 saturated heterocycles. The van der Waals surface area contributed by atoms with Gasteiger partial charge in [0.15, 0.2) is 0 Å². The Hall–Kier alpha value is -3.26. The molecule has 0 aliphatic carbocycles. The van der Waals surface area contributed by atoms with Crippen molar-refractivity contribution in [3.63, 3.8) is 0 Å². The number of para-hydroxylation sites is 1. The van der Waals surface area contributed by atoms with Crippen molar-refractivity contribution < 1.29 is 13.9 Å². The van der Waals surface area contributed by atoms with Crippen molar-refractivity contribution in [1.29, 1.82) is 0 Å². The summed E-state index contributed by atoms with van der Waals surface area (Å²) in [5.41, 5.74) is 1.28. The molecule has 5 heteroatoms. The van der Waals surface area contributed by atoms with Crippen LogP contribution in [0, 0.1) is 11.8 Å². The van der Waals surface area contributed by atoms with Gasteiger partial charge in [-0.2, -0.15) is 0 Å². The molecule has 0 amide bonds. The van der Waals surface area contributed by atoms with Crippen molar-refractivity contribution in [3.05, 3.63) is 76.3 Å². The molecule has 1 N–H and O–H groups in total. The molecule has 2 aromatic carbocycles. The van der Waals surface area contributed by atoms with Crippen LogP contribution in [-0.2, 0) is 0 Å². The number of benzene rings is 2. The Morgan fingerprint density at radius 3 is 2.45 bits per heavy atom. The molecule has 0 unspecified atom stereocenters. The van der Waals surface area contributed by atoms with Crippen LogP contribution in [0.2, 0.25) is 0 Å². The zero-order chi connectivity index (χ0) is 15.4. The maximum Gasteiger partial charge on any atom is 0.444 e. The van der Waals surface area contributed by atoms with E-state index >= 15 is 0 Å². The quantitative estimate of drug-likeness (QED) is 0.577. The predicted octanol–water partition coefficient (Wildman–Crippen LogP) is 1.65. The van der Waals surface area contributed by atoms with Crippen LogP contribution in [0.3, 0.4) is 0 Å². The summed E-state index contributed by atoms with van der Waals surface area (Å²) in [5, 5.41) is 2.55. The van der Waals surface area contributed by atoms with Crippen LogP contribution in [0.4, 0.5) is 0 Å². The fourth-order valence-corrected chi connectivity index (χ4v) is 1.94. The van der Waals surface area contributed by atoms with Gasteiger partial charge in [-0.3, -0.25) is 4.52 Å². The Labute approximate surface area is 126 Å². The van der Waals surface area contributed by atoms with Crippen LogP contribution in [0.5, 0.6) is 5.75 Å². The highest BCUT2D eigenvalue weighted by Crippen LogP contribution is 2.10. The highest BCUT2D eigenvalue weighted by molar-refractivity contribution is 5.41. The fourth-order valence-electron chi connectivity index (χ4n) is 1.94. The first kappa shape index (κ1) is 13.7. The van der Waals surface area contributed by atoms with Crippen LogP contribution >= 0.6 is 0 Å². The van der Waals surface area contributed by atoms with E-state index in [2.05, 4.69) is 17.1 Å². The molecule has 0 bridgehead atoms. The molecule has 3 rings (SSSR count). The van der Waals surface area contributed by atoms with Crippen molar-refractivity contribution in [1.82, 2.24) is 5.27 Å². The van der Waals surface area contributed by atoms with Crippen molar-refractivity contribution in [2.45, 2.75) is 0 Å². The van der Waals surface area contributed by atoms with Gasteiger partial charge in [0, 0.05) is 23.6 Å². The highest BCUT2D eigenvalue weighted by atomic mass is 16.5. The molecule has 108 valence electrons. The van der Waals surface area contributed by atoms with Crippen molar-refractivity contribution >= 4 is 0 Å². The number of aromatic amines is 1. The van der Waals surface area contributed by atoms with Gasteiger partial charge in [-0.1, -0.05) is 24.1 Å². The average Bonchev–Trinajstić information content (AvgIpc) is 2.95. The molecule has 0 aliphatic rings. The van der Waals surface area contributed by atoms with E-state index in [4.69, 9.17) is 9.26 Å². The van der Waals surface area contributed by atoms with Gasteiger partial charge >= 0.3 is 11.3 Å². The minimum absolute atomic E-state index is 0.238. The topological polar surface area (TPSA) is 59.1 Å². The van der Waals surface area contributed by atoms with E-state index in [1.54, 1.807) is 7.11 Å². The first-order valence-electron chi connectivity index (χ1n) is 6.63. The second-order valence-corrected chi connectivity index (χ2v) is 4.48. The molecule has 5 nitrogen and oxygen atoms in total. The zero-order valence-electron chi connectivity index (χ0n) is 11.9. The molecular formula is C17H13N2O3+. The summed E-state index contributed by atoms with van der Waals surface area (Å²) in [6, 6.07) is 16.6. The number of methoxy groups -OCH3 is 1. The fraction of sp³-hybridized carbons (Fsp3) is 0.0588. The zero-order valence-corrected chi connectivity index (χ0v) is 11.9. The maximum atomic E-state index is 11.8. The van der Waals surface area contributed by atoms with Gasteiger partial charge in [-0.05, 0) is 34.2 Å². The number of H-pyrrole nitrogens is 1. The van der Waals surface area contributed by atoms with Crippen LogP contribution < -0.4 is 15.0 Å². The molecule has 1 aromatic heterocycles. The van der Waals surface area contributed by atoms with E-state index < -0.39 is 5.63 Å². The predicted molar refractivity (Wildman–Crippen MR) is 79.8 cm³/mol. The monoisotopic (exact) mass is 293 g/mol. The summed E-state index contributed by atoms with van der Waals surface area (Å²) < 4.78 is 11.4. The molecule has 3 aromatic rings. The second-order valence-electron chi connectivity index (χ2n) is 4.48. The smallest absolute Gasteiger partial charge is 0.444 e. The third-order valence-corrected chi connectivity index (χ3v) is 3.08. The normalized spacial score (nSPS) is 9.86. The van der Waals surface area contributed by atoms with Gasteiger partial charge in [0.2, 0.25) is 5.69 Å². The third-order valence-electron chi connectivity index (χ3n) is 3.08. The summed E-state index contributed by atoms with van der Waals surface area (Å²) >= 11 is 0. The number of rotatable bonds is 2. The lowest BCUT2D eigenvalue weighted by molar-refractivity contribution is -0.672. The molecular weight excluding hydrogens is 280 g/mol. The number of nitrogens with zero attached hydrogens (tertiary/aromatic N) is 1. The minimum Gasteiger partial charge on any atom is -0.497 e. The van der Waals surface area contributed by atoms with Gasteiger partial charge in [-0.25, -0.2) is 4.79 Å².